The SMILES string of the molecule is COc1ccc2cc(CN(C[C@@H]3CCCO3)S(=O)(=O)c3ccccc3C(F)(F)F)c(=O)[nH]c2c1. The van der Waals surface area contributed by atoms with Gasteiger partial charge in [0.05, 0.1) is 29.2 Å². The minimum atomic E-state index is -4.86. The number of nitrogens with one attached hydrogen (secondary N) is 1. The molecule has 34 heavy (non-hydrogen) atoms. The highest BCUT2D eigenvalue weighted by Gasteiger charge is 2.39. The Morgan fingerprint density at radius 1 is 1.18 bits per heavy atom. The van der Waals surface area contributed by atoms with E-state index < -0.39 is 44.9 Å². The van der Waals surface area contributed by atoms with Crippen LogP contribution in [0.25, 0.3) is 10.9 Å². The number of benzene rings is 2. The van der Waals surface area contributed by atoms with Crippen molar-refractivity contribution in [1.29, 1.82) is 0 Å². The van der Waals surface area contributed by atoms with Gasteiger partial charge in [-0.05, 0) is 48.6 Å². The van der Waals surface area contributed by atoms with Gasteiger partial charge < -0.3 is 14.5 Å². The molecule has 0 bridgehead atoms. The first-order valence-corrected chi connectivity index (χ1v) is 12.0. The normalized spacial score (nSPS) is 16.9. The van der Waals surface area contributed by atoms with Gasteiger partial charge in [0.25, 0.3) is 5.56 Å². The van der Waals surface area contributed by atoms with Crippen LogP contribution in [0.15, 0.2) is 58.2 Å². The summed E-state index contributed by atoms with van der Waals surface area (Å²) in [6.45, 7) is -0.142. The van der Waals surface area contributed by atoms with Gasteiger partial charge in [0, 0.05) is 31.3 Å². The van der Waals surface area contributed by atoms with Crippen molar-refractivity contribution in [2.24, 2.45) is 0 Å². The summed E-state index contributed by atoms with van der Waals surface area (Å²) in [6.07, 6.45) is -4.05. The quantitative estimate of drug-likeness (QED) is 0.536. The molecule has 0 unspecified atom stereocenters. The lowest BCUT2D eigenvalue weighted by atomic mass is 10.1. The second-order valence-corrected chi connectivity index (χ2v) is 9.91. The predicted octanol–water partition coefficient (Wildman–Crippen LogP) is 3.93. The Hall–Kier alpha value is -2.89. The molecule has 1 saturated heterocycles. The number of methoxy groups -OCH3 is 1. The number of halogens is 3. The molecule has 0 amide bonds. The van der Waals surface area contributed by atoms with E-state index in [1.165, 1.54) is 19.2 Å². The Balaban J connectivity index is 1.77. The van der Waals surface area contributed by atoms with E-state index in [2.05, 4.69) is 4.98 Å². The van der Waals surface area contributed by atoms with Crippen LogP contribution in [0.3, 0.4) is 0 Å². The zero-order chi connectivity index (χ0) is 24.5. The number of nitrogens with zero attached hydrogens (tertiary/aromatic N) is 1. The van der Waals surface area contributed by atoms with E-state index in [9.17, 15) is 26.4 Å². The molecular formula is C23H23F3N2O5S. The number of hydrogen-bond donors (Lipinski definition) is 1. The highest BCUT2D eigenvalue weighted by molar-refractivity contribution is 7.89. The number of ether oxygens (including phenoxy) is 2. The van der Waals surface area contributed by atoms with Gasteiger partial charge in [0.2, 0.25) is 10.0 Å². The van der Waals surface area contributed by atoms with Gasteiger partial charge in [0.1, 0.15) is 5.75 Å². The summed E-state index contributed by atoms with van der Waals surface area (Å²) in [7, 11) is -3.13. The first-order chi connectivity index (χ1) is 16.1. The number of H-pyrrole nitrogens is 1. The summed E-state index contributed by atoms with van der Waals surface area (Å²) in [5.74, 6) is 0.530. The molecule has 0 saturated carbocycles. The molecule has 182 valence electrons. The molecule has 1 fully saturated rings. The van der Waals surface area contributed by atoms with E-state index in [1.807, 2.05) is 0 Å². The number of aromatic nitrogens is 1. The fraction of sp³-hybridized carbons (Fsp3) is 0.348. The van der Waals surface area contributed by atoms with Crippen molar-refractivity contribution in [3.8, 4) is 5.75 Å². The molecule has 0 radical (unpaired) electrons. The molecule has 0 aliphatic carbocycles. The second-order valence-electron chi connectivity index (χ2n) is 8.00. The van der Waals surface area contributed by atoms with E-state index in [4.69, 9.17) is 9.47 Å². The van der Waals surface area contributed by atoms with Crippen LogP contribution in [0, 0.1) is 0 Å². The fourth-order valence-electron chi connectivity index (χ4n) is 3.99. The maximum Gasteiger partial charge on any atom is 0.417 e. The number of aromatic amines is 1. The first-order valence-electron chi connectivity index (χ1n) is 10.6. The third-order valence-electron chi connectivity index (χ3n) is 5.72. The van der Waals surface area contributed by atoms with Crippen LogP contribution >= 0.6 is 0 Å². The number of alkyl halides is 3. The van der Waals surface area contributed by atoms with Crippen molar-refractivity contribution < 1.29 is 31.1 Å². The third-order valence-corrected chi connectivity index (χ3v) is 7.59. The molecular weight excluding hydrogens is 473 g/mol. The van der Waals surface area contributed by atoms with E-state index >= 15 is 0 Å². The molecule has 1 aliphatic heterocycles. The lowest BCUT2D eigenvalue weighted by Gasteiger charge is -2.26. The highest BCUT2D eigenvalue weighted by atomic mass is 32.2. The number of hydrogen-bond acceptors (Lipinski definition) is 5. The van der Waals surface area contributed by atoms with Gasteiger partial charge in [-0.2, -0.15) is 17.5 Å². The minimum absolute atomic E-state index is 0.101. The predicted molar refractivity (Wildman–Crippen MR) is 119 cm³/mol. The average Bonchev–Trinajstić information content (AvgIpc) is 3.31. The fourth-order valence-corrected chi connectivity index (χ4v) is 5.65. The van der Waals surface area contributed by atoms with Gasteiger partial charge in [-0.3, -0.25) is 4.79 Å². The van der Waals surface area contributed by atoms with Crippen LogP contribution in [0.1, 0.15) is 24.0 Å². The summed E-state index contributed by atoms with van der Waals surface area (Å²) < 4.78 is 79.4. The summed E-state index contributed by atoms with van der Waals surface area (Å²) >= 11 is 0. The lowest BCUT2D eigenvalue weighted by Crippen LogP contribution is -2.39. The van der Waals surface area contributed by atoms with Crippen molar-refractivity contribution in [3.63, 3.8) is 0 Å². The molecule has 3 aromatic rings. The van der Waals surface area contributed by atoms with Crippen molar-refractivity contribution in [2.75, 3.05) is 20.3 Å². The smallest absolute Gasteiger partial charge is 0.417 e. The van der Waals surface area contributed by atoms with Crippen LogP contribution < -0.4 is 10.3 Å². The van der Waals surface area contributed by atoms with Crippen molar-refractivity contribution in [1.82, 2.24) is 9.29 Å². The third kappa shape index (κ3) is 4.96. The van der Waals surface area contributed by atoms with E-state index in [1.54, 1.807) is 18.2 Å². The zero-order valence-electron chi connectivity index (χ0n) is 18.3. The van der Waals surface area contributed by atoms with Crippen LogP contribution in [-0.2, 0) is 27.5 Å². The first kappa shape index (κ1) is 24.2. The zero-order valence-corrected chi connectivity index (χ0v) is 19.1. The van der Waals surface area contributed by atoms with E-state index in [-0.39, 0.29) is 12.1 Å². The second kappa shape index (κ2) is 9.40. The molecule has 11 heteroatoms. The molecule has 4 rings (SSSR count). The molecule has 1 N–H and O–H groups in total. The monoisotopic (exact) mass is 496 g/mol. The van der Waals surface area contributed by atoms with Crippen LogP contribution in [0.4, 0.5) is 13.2 Å². The molecule has 2 heterocycles. The average molecular weight is 497 g/mol. The summed E-state index contributed by atoms with van der Waals surface area (Å²) in [5, 5.41) is 0.626. The Bertz CT molecular complexity index is 1350. The Kier molecular flexibility index (Phi) is 6.70. The standard InChI is InChI=1S/C23H23F3N2O5S/c1-32-17-9-8-15-11-16(22(29)27-20(15)12-17)13-28(14-18-5-4-10-33-18)34(30,31)21-7-3-2-6-19(21)23(24,25)26/h2-3,6-9,11-12,18H,4-5,10,13-14H2,1H3,(H,27,29)/t18-/m0/s1. The number of sulfonamides is 1. The molecule has 1 aromatic heterocycles. The minimum Gasteiger partial charge on any atom is -0.497 e. The number of rotatable bonds is 7. The Morgan fingerprint density at radius 3 is 2.62 bits per heavy atom. The van der Waals surface area contributed by atoms with Crippen LogP contribution in [0.5, 0.6) is 5.75 Å². The largest absolute Gasteiger partial charge is 0.497 e. The van der Waals surface area contributed by atoms with Gasteiger partial charge in [0.15, 0.2) is 0 Å². The Labute approximate surface area is 194 Å². The van der Waals surface area contributed by atoms with Crippen molar-refractivity contribution in [3.05, 3.63) is 70.0 Å². The maximum atomic E-state index is 13.6. The van der Waals surface area contributed by atoms with Gasteiger partial charge >= 0.3 is 6.18 Å². The van der Waals surface area contributed by atoms with Crippen molar-refractivity contribution in [2.45, 2.75) is 36.6 Å². The van der Waals surface area contributed by atoms with E-state index in [0.717, 1.165) is 28.9 Å². The number of pyridine rings is 1. The molecule has 0 spiro atoms. The summed E-state index contributed by atoms with van der Waals surface area (Å²) in [6, 6.07) is 10.6. The summed E-state index contributed by atoms with van der Waals surface area (Å²) in [4.78, 5) is 14.6. The summed E-state index contributed by atoms with van der Waals surface area (Å²) in [5.41, 5.74) is -1.21. The van der Waals surface area contributed by atoms with Crippen LogP contribution in [0.2, 0.25) is 0 Å². The number of fused-ring (bicyclic) bond motifs is 1. The molecule has 1 aliphatic rings. The lowest BCUT2D eigenvalue weighted by molar-refractivity contribution is -0.139. The molecule has 2 aromatic carbocycles. The van der Waals surface area contributed by atoms with Crippen molar-refractivity contribution >= 4 is 20.9 Å². The van der Waals surface area contributed by atoms with Crippen LogP contribution in [-0.4, -0.2) is 44.1 Å². The van der Waals surface area contributed by atoms with Gasteiger partial charge in [-0.1, -0.05) is 12.1 Å². The highest BCUT2D eigenvalue weighted by Crippen LogP contribution is 2.35. The van der Waals surface area contributed by atoms with Gasteiger partial charge in [-0.25, -0.2) is 8.42 Å². The Morgan fingerprint density at radius 2 is 1.94 bits per heavy atom. The topological polar surface area (TPSA) is 88.7 Å². The van der Waals surface area contributed by atoms with E-state index in [0.29, 0.717) is 29.7 Å². The maximum absolute atomic E-state index is 13.6. The molecule has 1 atom stereocenters. The molecule has 7 nitrogen and oxygen atoms in total. The van der Waals surface area contributed by atoms with Gasteiger partial charge in [-0.15, -0.1) is 0 Å².